The highest BCUT2D eigenvalue weighted by Gasteiger charge is 2.29. The van der Waals surface area contributed by atoms with Crippen molar-refractivity contribution in [1.29, 1.82) is 0 Å². The van der Waals surface area contributed by atoms with Crippen molar-refractivity contribution in [2.24, 2.45) is 0 Å². The molecule has 2 N–H and O–H groups in total. The van der Waals surface area contributed by atoms with Gasteiger partial charge in [0.15, 0.2) is 5.78 Å². The molecule has 0 spiro atoms. The first kappa shape index (κ1) is 22.7. The van der Waals surface area contributed by atoms with Crippen molar-refractivity contribution in [2.45, 2.75) is 34.6 Å². The van der Waals surface area contributed by atoms with E-state index < -0.39 is 11.9 Å². The predicted molar refractivity (Wildman–Crippen MR) is 119 cm³/mol. The minimum Gasteiger partial charge on any atom is -0.462 e. The van der Waals surface area contributed by atoms with Crippen LogP contribution < -0.4 is 10.6 Å². The van der Waals surface area contributed by atoms with E-state index in [9.17, 15) is 14.4 Å². The third-order valence-electron chi connectivity index (χ3n) is 4.51. The third kappa shape index (κ3) is 5.00. The van der Waals surface area contributed by atoms with Crippen LogP contribution in [0.15, 0.2) is 34.7 Å². The van der Waals surface area contributed by atoms with Crippen molar-refractivity contribution in [3.8, 4) is 0 Å². The molecule has 9 heteroatoms. The number of hydrogen-bond acceptors (Lipinski definition) is 8. The number of benzene rings is 1. The Bertz CT molecular complexity index is 1180. The zero-order valence-corrected chi connectivity index (χ0v) is 18.5. The molecule has 0 fully saturated rings. The Balaban J connectivity index is 1.88. The lowest BCUT2D eigenvalue weighted by Gasteiger charge is -2.09. The monoisotopic (exact) mass is 436 g/mol. The molecule has 2 aromatic heterocycles. The van der Waals surface area contributed by atoms with E-state index in [1.807, 2.05) is 19.9 Å². The predicted octanol–water partition coefficient (Wildman–Crippen LogP) is 4.37. The Morgan fingerprint density at radius 1 is 1.03 bits per heavy atom. The first-order chi connectivity index (χ1) is 15.2. The van der Waals surface area contributed by atoms with Crippen LogP contribution in [0, 0.1) is 20.8 Å². The van der Waals surface area contributed by atoms with E-state index in [1.165, 1.54) is 6.92 Å². The lowest BCUT2D eigenvalue weighted by Crippen LogP contribution is -2.16. The highest BCUT2D eigenvalue weighted by molar-refractivity contribution is 6.12. The summed E-state index contributed by atoms with van der Waals surface area (Å²) in [7, 11) is 0. The number of furan rings is 1. The minimum atomic E-state index is -0.743. The Hall–Kier alpha value is -4.01. The highest BCUT2D eigenvalue weighted by Crippen LogP contribution is 2.29. The van der Waals surface area contributed by atoms with Gasteiger partial charge >= 0.3 is 5.97 Å². The number of nitrogens with zero attached hydrogens (tertiary/aromatic N) is 2. The number of anilines is 3. The molecule has 0 unspecified atom stereocenters. The Kier molecular flexibility index (Phi) is 6.67. The molecule has 0 saturated carbocycles. The fourth-order valence-corrected chi connectivity index (χ4v) is 3.28. The van der Waals surface area contributed by atoms with Crippen LogP contribution >= 0.6 is 0 Å². The van der Waals surface area contributed by atoms with Crippen LogP contribution in [0.5, 0.6) is 0 Å². The Morgan fingerprint density at radius 2 is 1.72 bits per heavy atom. The van der Waals surface area contributed by atoms with Gasteiger partial charge in [0.05, 0.1) is 12.2 Å². The largest absolute Gasteiger partial charge is 0.462 e. The lowest BCUT2D eigenvalue weighted by molar-refractivity contribution is 0.0524. The van der Waals surface area contributed by atoms with E-state index >= 15 is 0 Å². The molecule has 0 aliphatic rings. The molecular formula is C23H24N4O5. The topological polar surface area (TPSA) is 123 Å². The van der Waals surface area contributed by atoms with E-state index in [4.69, 9.17) is 9.15 Å². The van der Waals surface area contributed by atoms with Gasteiger partial charge in [-0.05, 0) is 58.9 Å². The number of ketones is 1. The van der Waals surface area contributed by atoms with Gasteiger partial charge in [-0.2, -0.15) is 0 Å². The quantitative estimate of drug-likeness (QED) is 0.413. The number of amides is 1. The second-order valence-corrected chi connectivity index (χ2v) is 7.15. The van der Waals surface area contributed by atoms with Crippen molar-refractivity contribution in [3.05, 3.63) is 64.2 Å². The van der Waals surface area contributed by atoms with Crippen LogP contribution in [0.4, 0.5) is 17.5 Å². The average Bonchev–Trinajstić information content (AvgIpc) is 3.03. The van der Waals surface area contributed by atoms with Gasteiger partial charge in [-0.15, -0.1) is 0 Å². The molecule has 166 valence electrons. The molecule has 1 aromatic carbocycles. The van der Waals surface area contributed by atoms with Crippen molar-refractivity contribution < 1.29 is 23.5 Å². The van der Waals surface area contributed by atoms with Crippen LogP contribution in [0.25, 0.3) is 0 Å². The summed E-state index contributed by atoms with van der Waals surface area (Å²) in [6, 6.07) is 8.54. The van der Waals surface area contributed by atoms with Crippen molar-refractivity contribution >= 4 is 35.2 Å². The summed E-state index contributed by atoms with van der Waals surface area (Å²) in [5, 5.41) is 5.65. The molecule has 0 aliphatic heterocycles. The molecular weight excluding hydrogens is 412 g/mol. The second-order valence-electron chi connectivity index (χ2n) is 7.15. The van der Waals surface area contributed by atoms with E-state index in [0.29, 0.717) is 17.2 Å². The smallest absolute Gasteiger partial charge is 0.344 e. The Morgan fingerprint density at radius 3 is 2.34 bits per heavy atom. The molecule has 9 nitrogen and oxygen atoms in total. The van der Waals surface area contributed by atoms with E-state index in [2.05, 4.69) is 20.6 Å². The van der Waals surface area contributed by atoms with Gasteiger partial charge in [-0.3, -0.25) is 14.9 Å². The number of aryl methyl sites for hydroxylation is 3. The number of Topliss-reactive ketones (excluding diaryl/α,β-unsaturated/α-hetero) is 1. The maximum absolute atomic E-state index is 12.9. The van der Waals surface area contributed by atoms with Gasteiger partial charge in [0.2, 0.25) is 11.8 Å². The summed E-state index contributed by atoms with van der Waals surface area (Å²) in [5.74, 6) is -1.13. The summed E-state index contributed by atoms with van der Waals surface area (Å²) in [6.45, 7) is 8.35. The summed E-state index contributed by atoms with van der Waals surface area (Å²) >= 11 is 0. The van der Waals surface area contributed by atoms with Gasteiger partial charge in [-0.25, -0.2) is 14.8 Å². The fraction of sp³-hybridized carbons (Fsp3) is 0.261. The highest BCUT2D eigenvalue weighted by atomic mass is 16.5. The minimum absolute atomic E-state index is 0.0844. The first-order valence-electron chi connectivity index (χ1n) is 10.0. The maximum Gasteiger partial charge on any atom is 0.344 e. The summed E-state index contributed by atoms with van der Waals surface area (Å²) in [4.78, 5) is 46.0. The van der Waals surface area contributed by atoms with Gasteiger partial charge in [0.25, 0.3) is 5.91 Å². The molecule has 0 aliphatic carbocycles. The average molecular weight is 436 g/mol. The molecule has 1 amide bonds. The van der Waals surface area contributed by atoms with Gasteiger partial charge in [0.1, 0.15) is 11.3 Å². The number of rotatable bonds is 7. The van der Waals surface area contributed by atoms with E-state index in [0.717, 1.165) is 11.4 Å². The van der Waals surface area contributed by atoms with Crippen LogP contribution in [0.2, 0.25) is 0 Å². The Labute approximate surface area is 185 Å². The first-order valence-corrected chi connectivity index (χ1v) is 10.0. The molecule has 3 aromatic rings. The van der Waals surface area contributed by atoms with E-state index in [1.54, 1.807) is 38.1 Å². The normalized spacial score (nSPS) is 10.5. The second kappa shape index (κ2) is 9.42. The number of aromatic nitrogens is 2. The molecule has 0 atom stereocenters. The van der Waals surface area contributed by atoms with Gasteiger partial charge in [-0.1, -0.05) is 6.07 Å². The SMILES string of the molecule is CCOC(=O)c1c(NC(=O)c2cccc(Nc3nc(C)cc(C)n3)c2)oc(C)c1C(C)=O. The van der Waals surface area contributed by atoms with Gasteiger partial charge in [0, 0.05) is 22.6 Å². The molecule has 32 heavy (non-hydrogen) atoms. The summed E-state index contributed by atoms with van der Waals surface area (Å²) in [6.07, 6.45) is 0. The standard InChI is InChI=1S/C23H24N4O5/c1-6-31-22(30)19-18(14(4)28)15(5)32-21(19)27-20(29)16-8-7-9-17(11-16)26-23-24-12(2)10-13(3)25-23/h7-11H,6H2,1-5H3,(H,27,29)(H,24,25,26). The van der Waals surface area contributed by atoms with Crippen LogP contribution in [-0.4, -0.2) is 34.2 Å². The fourth-order valence-electron chi connectivity index (χ4n) is 3.28. The van der Waals surface area contributed by atoms with Crippen molar-refractivity contribution in [1.82, 2.24) is 9.97 Å². The van der Waals surface area contributed by atoms with E-state index in [-0.39, 0.29) is 35.2 Å². The zero-order chi connectivity index (χ0) is 23.4. The van der Waals surface area contributed by atoms with Gasteiger partial charge < -0.3 is 14.5 Å². The zero-order valence-electron chi connectivity index (χ0n) is 18.5. The number of hydrogen-bond donors (Lipinski definition) is 2. The number of ether oxygens (including phenoxy) is 1. The van der Waals surface area contributed by atoms with Crippen molar-refractivity contribution in [2.75, 3.05) is 17.2 Å². The number of carbonyl (C=O) groups excluding carboxylic acids is 3. The summed E-state index contributed by atoms with van der Waals surface area (Å²) in [5.41, 5.74) is 2.52. The van der Waals surface area contributed by atoms with Crippen molar-refractivity contribution in [3.63, 3.8) is 0 Å². The molecule has 0 saturated heterocycles. The maximum atomic E-state index is 12.9. The summed E-state index contributed by atoms with van der Waals surface area (Å²) < 4.78 is 10.6. The number of carbonyl (C=O) groups is 3. The number of nitrogens with one attached hydrogen (secondary N) is 2. The van der Waals surface area contributed by atoms with Crippen LogP contribution in [0.1, 0.15) is 62.1 Å². The molecule has 0 bridgehead atoms. The number of esters is 1. The molecule has 3 rings (SSSR count). The lowest BCUT2D eigenvalue weighted by atomic mass is 10.1. The van der Waals surface area contributed by atoms with Crippen LogP contribution in [0.3, 0.4) is 0 Å². The molecule has 2 heterocycles. The molecule has 0 radical (unpaired) electrons. The third-order valence-corrected chi connectivity index (χ3v) is 4.51. The van der Waals surface area contributed by atoms with Crippen LogP contribution in [-0.2, 0) is 4.74 Å².